The van der Waals surface area contributed by atoms with Crippen LogP contribution in [0.4, 0.5) is 0 Å². The van der Waals surface area contributed by atoms with E-state index in [0.717, 1.165) is 10.0 Å². The number of aromatic nitrogens is 1. The third kappa shape index (κ3) is 3.42. The molecule has 1 heterocycles. The predicted molar refractivity (Wildman–Crippen MR) is 76.5 cm³/mol. The summed E-state index contributed by atoms with van der Waals surface area (Å²) in [7, 11) is 0. The van der Waals surface area contributed by atoms with Crippen molar-refractivity contribution in [2.45, 2.75) is 6.54 Å². The third-order valence-corrected chi connectivity index (χ3v) is 3.42. The first kappa shape index (κ1) is 14.2. The van der Waals surface area contributed by atoms with E-state index in [0.29, 0.717) is 6.54 Å². The number of carbonyl (C=O) groups is 2. The molecule has 0 unspecified atom stereocenters. The van der Waals surface area contributed by atoms with E-state index < -0.39 is 5.97 Å². The molecule has 0 aliphatic rings. The fourth-order valence-electron chi connectivity index (χ4n) is 1.60. The van der Waals surface area contributed by atoms with Crippen LogP contribution in [0.2, 0.25) is 0 Å². The number of halogens is 1. The SMILES string of the molecule is O=C(O)c1cncc(C(=O)NCc2ccccc2Br)c1. The molecule has 2 aromatic rings. The lowest BCUT2D eigenvalue weighted by Gasteiger charge is -2.07. The average Bonchev–Trinajstić information content (AvgIpc) is 2.46. The minimum Gasteiger partial charge on any atom is -0.478 e. The van der Waals surface area contributed by atoms with Gasteiger partial charge in [0.15, 0.2) is 0 Å². The van der Waals surface area contributed by atoms with Crippen LogP contribution in [-0.2, 0) is 6.54 Å². The Kier molecular flexibility index (Phi) is 4.47. The number of rotatable bonds is 4. The lowest BCUT2D eigenvalue weighted by Crippen LogP contribution is -2.23. The Balaban J connectivity index is 2.07. The van der Waals surface area contributed by atoms with Crippen molar-refractivity contribution in [3.05, 3.63) is 63.9 Å². The van der Waals surface area contributed by atoms with Crippen LogP contribution in [0.1, 0.15) is 26.3 Å². The number of nitrogens with one attached hydrogen (secondary N) is 1. The molecule has 0 saturated heterocycles. The number of carboxylic acid groups (broad SMARTS) is 1. The largest absolute Gasteiger partial charge is 0.478 e. The van der Waals surface area contributed by atoms with Gasteiger partial charge in [-0.05, 0) is 17.7 Å². The van der Waals surface area contributed by atoms with Gasteiger partial charge >= 0.3 is 5.97 Å². The van der Waals surface area contributed by atoms with Crippen molar-refractivity contribution in [2.24, 2.45) is 0 Å². The second kappa shape index (κ2) is 6.29. The van der Waals surface area contributed by atoms with Crippen LogP contribution in [0.5, 0.6) is 0 Å². The van der Waals surface area contributed by atoms with E-state index in [1.165, 1.54) is 18.5 Å². The summed E-state index contributed by atoms with van der Waals surface area (Å²) in [6.07, 6.45) is 2.54. The summed E-state index contributed by atoms with van der Waals surface area (Å²) in [5.74, 6) is -1.48. The highest BCUT2D eigenvalue weighted by Crippen LogP contribution is 2.15. The normalized spacial score (nSPS) is 10.1. The molecule has 5 nitrogen and oxygen atoms in total. The van der Waals surface area contributed by atoms with E-state index in [9.17, 15) is 9.59 Å². The number of aromatic carboxylic acids is 1. The molecule has 2 N–H and O–H groups in total. The number of nitrogens with zero attached hydrogens (tertiary/aromatic N) is 1. The first-order chi connectivity index (χ1) is 9.58. The molecule has 0 aliphatic heterocycles. The van der Waals surface area contributed by atoms with Gasteiger partial charge in [0.05, 0.1) is 11.1 Å². The topological polar surface area (TPSA) is 79.3 Å². The minimum absolute atomic E-state index is 0.0152. The van der Waals surface area contributed by atoms with Crippen LogP contribution in [-0.4, -0.2) is 22.0 Å². The van der Waals surface area contributed by atoms with Crippen molar-refractivity contribution in [1.82, 2.24) is 10.3 Å². The molecule has 0 bridgehead atoms. The maximum absolute atomic E-state index is 11.9. The molecule has 0 saturated carbocycles. The van der Waals surface area contributed by atoms with Gasteiger partial charge in [0, 0.05) is 23.4 Å². The van der Waals surface area contributed by atoms with Gasteiger partial charge in [-0.2, -0.15) is 0 Å². The summed E-state index contributed by atoms with van der Waals surface area (Å²) in [6.45, 7) is 0.345. The van der Waals surface area contributed by atoms with E-state index in [4.69, 9.17) is 5.11 Å². The zero-order chi connectivity index (χ0) is 14.5. The van der Waals surface area contributed by atoms with Gasteiger partial charge in [-0.25, -0.2) is 4.79 Å². The maximum atomic E-state index is 11.9. The van der Waals surface area contributed by atoms with Gasteiger partial charge < -0.3 is 10.4 Å². The second-order valence-corrected chi connectivity index (χ2v) is 4.90. The molecular formula is C14H11BrN2O3. The summed E-state index contributed by atoms with van der Waals surface area (Å²) in [4.78, 5) is 26.5. The Labute approximate surface area is 123 Å². The standard InChI is InChI=1S/C14H11BrN2O3/c15-12-4-2-1-3-9(12)8-17-13(18)10-5-11(14(19)20)7-16-6-10/h1-7H,8H2,(H,17,18)(H,19,20). The molecule has 1 amide bonds. The molecule has 0 spiro atoms. The van der Waals surface area contributed by atoms with E-state index in [1.807, 2.05) is 24.3 Å². The number of hydrogen-bond donors (Lipinski definition) is 2. The second-order valence-electron chi connectivity index (χ2n) is 4.04. The fourth-order valence-corrected chi connectivity index (χ4v) is 2.03. The number of hydrogen-bond acceptors (Lipinski definition) is 3. The van der Waals surface area contributed by atoms with Crippen molar-refractivity contribution in [3.8, 4) is 0 Å². The number of benzene rings is 1. The van der Waals surface area contributed by atoms with Crippen molar-refractivity contribution in [3.63, 3.8) is 0 Å². The zero-order valence-electron chi connectivity index (χ0n) is 10.3. The van der Waals surface area contributed by atoms with E-state index in [1.54, 1.807) is 0 Å². The van der Waals surface area contributed by atoms with Crippen molar-refractivity contribution >= 4 is 27.8 Å². The lowest BCUT2D eigenvalue weighted by molar-refractivity contribution is 0.0696. The van der Waals surface area contributed by atoms with Gasteiger partial charge in [-0.3, -0.25) is 9.78 Å². The van der Waals surface area contributed by atoms with Crippen LogP contribution >= 0.6 is 15.9 Å². The van der Waals surface area contributed by atoms with Crippen molar-refractivity contribution in [1.29, 1.82) is 0 Å². The van der Waals surface area contributed by atoms with E-state index >= 15 is 0 Å². The van der Waals surface area contributed by atoms with Crippen LogP contribution in [0, 0.1) is 0 Å². The number of carboxylic acids is 1. The number of amides is 1. The van der Waals surface area contributed by atoms with Gasteiger partial charge in [-0.15, -0.1) is 0 Å². The molecule has 1 aromatic carbocycles. The first-order valence-corrected chi connectivity index (χ1v) is 6.57. The number of carbonyl (C=O) groups excluding carboxylic acids is 1. The summed E-state index contributed by atoms with van der Waals surface area (Å²) < 4.78 is 0.901. The summed E-state index contributed by atoms with van der Waals surface area (Å²) in [6, 6.07) is 8.82. The predicted octanol–water partition coefficient (Wildman–Crippen LogP) is 2.47. The Bertz CT molecular complexity index is 658. The molecule has 0 fully saturated rings. The fraction of sp³-hybridized carbons (Fsp3) is 0.0714. The summed E-state index contributed by atoms with van der Waals surface area (Å²) in [5, 5.41) is 11.6. The van der Waals surface area contributed by atoms with Crippen molar-refractivity contribution < 1.29 is 14.7 Å². The molecular weight excluding hydrogens is 324 g/mol. The Morgan fingerprint density at radius 2 is 1.90 bits per heavy atom. The monoisotopic (exact) mass is 334 g/mol. The molecule has 0 aliphatic carbocycles. The van der Waals surface area contributed by atoms with E-state index in [2.05, 4.69) is 26.2 Å². The molecule has 0 radical (unpaired) electrons. The highest BCUT2D eigenvalue weighted by Gasteiger charge is 2.10. The van der Waals surface area contributed by atoms with Crippen molar-refractivity contribution in [2.75, 3.05) is 0 Å². The van der Waals surface area contributed by atoms with Gasteiger partial charge in [0.1, 0.15) is 0 Å². The highest BCUT2D eigenvalue weighted by molar-refractivity contribution is 9.10. The molecule has 20 heavy (non-hydrogen) atoms. The molecule has 2 rings (SSSR count). The third-order valence-electron chi connectivity index (χ3n) is 2.64. The maximum Gasteiger partial charge on any atom is 0.337 e. The quantitative estimate of drug-likeness (QED) is 0.900. The molecule has 0 atom stereocenters. The van der Waals surface area contributed by atoms with Gasteiger partial charge in [0.2, 0.25) is 0 Å². The smallest absolute Gasteiger partial charge is 0.337 e. The van der Waals surface area contributed by atoms with Crippen LogP contribution in [0.15, 0.2) is 47.2 Å². The van der Waals surface area contributed by atoms with Crippen LogP contribution in [0.25, 0.3) is 0 Å². The van der Waals surface area contributed by atoms with Crippen LogP contribution < -0.4 is 5.32 Å². The van der Waals surface area contributed by atoms with E-state index in [-0.39, 0.29) is 17.0 Å². The minimum atomic E-state index is -1.11. The zero-order valence-corrected chi connectivity index (χ0v) is 11.9. The molecule has 102 valence electrons. The summed E-state index contributed by atoms with van der Waals surface area (Å²) in [5.41, 5.74) is 1.14. The average molecular weight is 335 g/mol. The lowest BCUT2D eigenvalue weighted by atomic mass is 10.2. The Hall–Kier alpha value is -2.21. The highest BCUT2D eigenvalue weighted by atomic mass is 79.9. The Morgan fingerprint density at radius 1 is 1.20 bits per heavy atom. The molecule has 6 heteroatoms. The summed E-state index contributed by atoms with van der Waals surface area (Å²) >= 11 is 3.39. The first-order valence-electron chi connectivity index (χ1n) is 5.78. The van der Waals surface area contributed by atoms with Crippen LogP contribution in [0.3, 0.4) is 0 Å². The Morgan fingerprint density at radius 3 is 2.60 bits per heavy atom. The van der Waals surface area contributed by atoms with Gasteiger partial charge in [0.25, 0.3) is 5.91 Å². The van der Waals surface area contributed by atoms with Gasteiger partial charge in [-0.1, -0.05) is 34.1 Å². The number of pyridine rings is 1. The molecule has 1 aromatic heterocycles.